The molecule has 10 heteroatoms. The Kier molecular flexibility index (Phi) is 7.55. The molecular weight excluding hydrogens is 518 g/mol. The van der Waals surface area contributed by atoms with Crippen molar-refractivity contribution in [2.24, 2.45) is 7.05 Å². The van der Waals surface area contributed by atoms with Gasteiger partial charge in [-0.25, -0.2) is 15.0 Å². The van der Waals surface area contributed by atoms with Crippen LogP contribution in [0.15, 0.2) is 79.6 Å². The Morgan fingerprint density at radius 3 is 2.59 bits per heavy atom. The zero-order valence-electron chi connectivity index (χ0n) is 22.8. The maximum absolute atomic E-state index is 13.0. The number of aliphatic hydroxyl groups excluding tert-OH is 1. The van der Waals surface area contributed by atoms with Crippen molar-refractivity contribution in [2.75, 3.05) is 44.3 Å². The van der Waals surface area contributed by atoms with Gasteiger partial charge in [0.25, 0.3) is 0 Å². The van der Waals surface area contributed by atoms with Crippen molar-refractivity contribution in [1.29, 1.82) is 0 Å². The van der Waals surface area contributed by atoms with Crippen LogP contribution in [-0.2, 0) is 18.3 Å². The van der Waals surface area contributed by atoms with Gasteiger partial charge in [-0.1, -0.05) is 12.1 Å². The van der Waals surface area contributed by atoms with Crippen molar-refractivity contribution in [1.82, 2.24) is 29.6 Å². The van der Waals surface area contributed by atoms with Crippen LogP contribution in [-0.4, -0.2) is 80.0 Å². The molecule has 10 nitrogen and oxygen atoms in total. The quantitative estimate of drug-likeness (QED) is 0.314. The SMILES string of the molecule is Cn1cc(-c2cc(-c3ccc(N4CCN(C(=O)Cc5cccc(OCCO)c5)CC4)nc3)c3cncnc3c2)cn1. The molecule has 0 bridgehead atoms. The number of aromatic nitrogens is 5. The van der Waals surface area contributed by atoms with E-state index in [9.17, 15) is 4.79 Å². The van der Waals surface area contributed by atoms with Crippen molar-refractivity contribution in [3.05, 3.63) is 85.2 Å². The molecule has 3 aromatic heterocycles. The molecule has 1 aliphatic heterocycles. The summed E-state index contributed by atoms with van der Waals surface area (Å²) in [5.74, 6) is 1.64. The molecule has 1 N–H and O–H groups in total. The van der Waals surface area contributed by atoms with Crippen LogP contribution >= 0.6 is 0 Å². The van der Waals surface area contributed by atoms with Gasteiger partial charge in [-0.2, -0.15) is 5.10 Å². The molecule has 1 amide bonds. The van der Waals surface area contributed by atoms with E-state index in [-0.39, 0.29) is 19.1 Å². The smallest absolute Gasteiger partial charge is 0.227 e. The first-order valence-corrected chi connectivity index (χ1v) is 13.6. The lowest BCUT2D eigenvalue weighted by Gasteiger charge is -2.35. The van der Waals surface area contributed by atoms with Gasteiger partial charge < -0.3 is 19.6 Å². The fourth-order valence-electron chi connectivity index (χ4n) is 5.17. The van der Waals surface area contributed by atoms with E-state index in [0.29, 0.717) is 38.3 Å². The van der Waals surface area contributed by atoms with Crippen molar-refractivity contribution in [2.45, 2.75) is 6.42 Å². The first-order valence-electron chi connectivity index (χ1n) is 13.6. The Morgan fingerprint density at radius 1 is 0.951 bits per heavy atom. The van der Waals surface area contributed by atoms with Gasteiger partial charge >= 0.3 is 0 Å². The van der Waals surface area contributed by atoms with Crippen LogP contribution in [0.4, 0.5) is 5.82 Å². The third-order valence-electron chi connectivity index (χ3n) is 7.29. The zero-order valence-corrected chi connectivity index (χ0v) is 22.8. The number of hydrogen-bond donors (Lipinski definition) is 1. The van der Waals surface area contributed by atoms with Gasteiger partial charge in [-0.15, -0.1) is 0 Å². The Labute approximate surface area is 237 Å². The van der Waals surface area contributed by atoms with Gasteiger partial charge in [-0.3, -0.25) is 9.48 Å². The number of piperazine rings is 1. The Hall–Kier alpha value is -4.83. The third-order valence-corrected chi connectivity index (χ3v) is 7.29. The summed E-state index contributed by atoms with van der Waals surface area (Å²) in [5.41, 5.74) is 5.82. The van der Waals surface area contributed by atoms with Crippen LogP contribution in [0.25, 0.3) is 33.2 Å². The average molecular weight is 550 g/mol. The van der Waals surface area contributed by atoms with Crippen LogP contribution in [0.3, 0.4) is 0 Å². The normalized spacial score (nSPS) is 13.5. The van der Waals surface area contributed by atoms with Crippen molar-refractivity contribution in [3.63, 3.8) is 0 Å². The summed E-state index contributed by atoms with van der Waals surface area (Å²) in [7, 11) is 1.90. The molecule has 0 aliphatic carbocycles. The summed E-state index contributed by atoms with van der Waals surface area (Å²) in [6, 6.07) is 15.8. The highest BCUT2D eigenvalue weighted by Gasteiger charge is 2.22. The van der Waals surface area contributed by atoms with Gasteiger partial charge in [0.2, 0.25) is 5.91 Å². The maximum atomic E-state index is 13.0. The zero-order chi connectivity index (χ0) is 28.2. The third kappa shape index (κ3) is 5.87. The molecule has 41 heavy (non-hydrogen) atoms. The van der Waals surface area contributed by atoms with E-state index in [1.165, 1.54) is 0 Å². The molecule has 2 aromatic carbocycles. The lowest BCUT2D eigenvalue weighted by Crippen LogP contribution is -2.49. The lowest BCUT2D eigenvalue weighted by atomic mass is 9.97. The summed E-state index contributed by atoms with van der Waals surface area (Å²) < 4.78 is 7.26. The highest BCUT2D eigenvalue weighted by Crippen LogP contribution is 2.33. The van der Waals surface area contributed by atoms with Gasteiger partial charge in [0.1, 0.15) is 24.5 Å². The first kappa shape index (κ1) is 26.4. The van der Waals surface area contributed by atoms with Crippen LogP contribution < -0.4 is 9.64 Å². The van der Waals surface area contributed by atoms with Crippen LogP contribution in [0.2, 0.25) is 0 Å². The summed E-state index contributed by atoms with van der Waals surface area (Å²) >= 11 is 0. The molecular formula is C31H31N7O3. The van der Waals surface area contributed by atoms with E-state index < -0.39 is 0 Å². The monoisotopic (exact) mass is 549 g/mol. The first-order chi connectivity index (χ1) is 20.1. The number of ether oxygens (including phenoxy) is 1. The van der Waals surface area contributed by atoms with Crippen molar-refractivity contribution in [3.8, 4) is 28.0 Å². The fraction of sp³-hybridized carbons (Fsp3) is 0.258. The summed E-state index contributed by atoms with van der Waals surface area (Å²) in [6.07, 6.45) is 9.46. The predicted octanol–water partition coefficient (Wildman–Crippen LogP) is 3.35. The Morgan fingerprint density at radius 2 is 1.83 bits per heavy atom. The molecule has 0 saturated carbocycles. The summed E-state index contributed by atoms with van der Waals surface area (Å²) in [5, 5.41) is 14.3. The minimum absolute atomic E-state index is 0.0454. The lowest BCUT2D eigenvalue weighted by molar-refractivity contribution is -0.130. The molecule has 4 heterocycles. The van der Waals surface area contributed by atoms with E-state index in [1.54, 1.807) is 11.0 Å². The summed E-state index contributed by atoms with van der Waals surface area (Å²) in [4.78, 5) is 30.6. The molecule has 1 aliphatic rings. The van der Waals surface area contributed by atoms with Crippen LogP contribution in [0.5, 0.6) is 5.75 Å². The van der Waals surface area contributed by atoms with Gasteiger partial charge in [0.15, 0.2) is 0 Å². The number of nitrogens with zero attached hydrogens (tertiary/aromatic N) is 7. The number of rotatable bonds is 8. The molecule has 0 spiro atoms. The second kappa shape index (κ2) is 11.7. The average Bonchev–Trinajstić information content (AvgIpc) is 3.46. The van der Waals surface area contributed by atoms with E-state index in [0.717, 1.165) is 44.5 Å². The number of aryl methyl sites for hydroxylation is 1. The number of anilines is 1. The second-order valence-corrected chi connectivity index (χ2v) is 10.1. The topological polar surface area (TPSA) is 110 Å². The predicted molar refractivity (Wildman–Crippen MR) is 156 cm³/mol. The molecule has 0 radical (unpaired) electrons. The van der Waals surface area contributed by atoms with E-state index in [1.807, 2.05) is 67.1 Å². The fourth-order valence-corrected chi connectivity index (χ4v) is 5.17. The number of carbonyl (C=O) groups excluding carboxylic acids is 1. The Bertz CT molecular complexity index is 1660. The van der Waals surface area contributed by atoms with Crippen molar-refractivity contribution >= 4 is 22.6 Å². The van der Waals surface area contributed by atoms with Gasteiger partial charge in [-0.05, 0) is 53.1 Å². The molecule has 5 aromatic rings. The number of fused-ring (bicyclic) bond motifs is 1. The second-order valence-electron chi connectivity index (χ2n) is 10.1. The van der Waals surface area contributed by atoms with Crippen molar-refractivity contribution < 1.29 is 14.6 Å². The minimum atomic E-state index is -0.0454. The van der Waals surface area contributed by atoms with Crippen LogP contribution in [0.1, 0.15) is 5.56 Å². The number of carbonyl (C=O) groups is 1. The van der Waals surface area contributed by atoms with E-state index in [4.69, 9.17) is 14.8 Å². The number of benzene rings is 2. The molecule has 1 saturated heterocycles. The van der Waals surface area contributed by atoms with Gasteiger partial charge in [0.05, 0.1) is 24.7 Å². The van der Waals surface area contributed by atoms with Gasteiger partial charge in [0, 0.05) is 68.3 Å². The Balaban J connectivity index is 1.13. The maximum Gasteiger partial charge on any atom is 0.227 e. The minimum Gasteiger partial charge on any atom is -0.491 e. The molecule has 1 fully saturated rings. The number of pyridine rings is 1. The molecule has 0 unspecified atom stereocenters. The van der Waals surface area contributed by atoms with E-state index >= 15 is 0 Å². The summed E-state index contributed by atoms with van der Waals surface area (Å²) in [6.45, 7) is 2.89. The number of hydrogen-bond acceptors (Lipinski definition) is 8. The number of amides is 1. The molecule has 0 atom stereocenters. The largest absolute Gasteiger partial charge is 0.491 e. The molecule has 208 valence electrons. The molecule has 6 rings (SSSR count). The van der Waals surface area contributed by atoms with Crippen LogP contribution in [0, 0.1) is 0 Å². The standard InChI is InChI=1S/C31H31N7O3/c1-36-20-25(18-35-36)24-15-27(28-19-32-21-34-29(28)16-24)23-5-6-30(33-17-23)37-7-9-38(10-8-37)31(40)14-22-3-2-4-26(13-22)41-12-11-39/h2-6,13,15-21,39H,7-12,14H2,1H3. The van der Waals surface area contributed by atoms with E-state index in [2.05, 4.69) is 38.2 Å². The highest BCUT2D eigenvalue weighted by atomic mass is 16.5. The highest BCUT2D eigenvalue weighted by molar-refractivity contribution is 5.97. The number of aliphatic hydroxyl groups is 1.